The SMILES string of the molecule is CCNc1cc(S(=O)(=O)NCc2cnc[nH]2)ccn1. The van der Waals surface area contributed by atoms with E-state index >= 15 is 0 Å². The van der Waals surface area contributed by atoms with Gasteiger partial charge in [0.2, 0.25) is 10.0 Å². The van der Waals surface area contributed by atoms with Crippen molar-refractivity contribution in [3.8, 4) is 0 Å². The minimum absolute atomic E-state index is 0.168. The number of aromatic amines is 1. The van der Waals surface area contributed by atoms with Gasteiger partial charge in [-0.1, -0.05) is 0 Å². The molecule has 2 aromatic heterocycles. The fourth-order valence-electron chi connectivity index (χ4n) is 1.49. The molecule has 2 aromatic rings. The molecule has 0 unspecified atom stereocenters. The second-order valence-electron chi connectivity index (χ2n) is 3.81. The van der Waals surface area contributed by atoms with Gasteiger partial charge in [-0.3, -0.25) is 0 Å². The van der Waals surface area contributed by atoms with E-state index in [0.29, 0.717) is 18.1 Å². The Hall–Kier alpha value is -1.93. The van der Waals surface area contributed by atoms with Crippen LogP contribution < -0.4 is 10.0 Å². The van der Waals surface area contributed by atoms with Crippen molar-refractivity contribution in [2.24, 2.45) is 0 Å². The van der Waals surface area contributed by atoms with Crippen LogP contribution in [-0.2, 0) is 16.6 Å². The van der Waals surface area contributed by atoms with Crippen LogP contribution in [0.5, 0.6) is 0 Å². The van der Waals surface area contributed by atoms with Gasteiger partial charge in [-0.2, -0.15) is 0 Å². The number of imidazole rings is 1. The van der Waals surface area contributed by atoms with E-state index in [9.17, 15) is 8.42 Å². The molecule has 0 bridgehead atoms. The second kappa shape index (κ2) is 5.81. The monoisotopic (exact) mass is 281 g/mol. The van der Waals surface area contributed by atoms with Gasteiger partial charge in [0.15, 0.2) is 0 Å². The Morgan fingerprint density at radius 3 is 2.95 bits per heavy atom. The topological polar surface area (TPSA) is 99.8 Å². The molecule has 0 amide bonds. The Morgan fingerprint density at radius 2 is 2.26 bits per heavy atom. The Balaban J connectivity index is 2.12. The zero-order valence-corrected chi connectivity index (χ0v) is 11.2. The van der Waals surface area contributed by atoms with Crippen molar-refractivity contribution in [2.45, 2.75) is 18.4 Å². The maximum absolute atomic E-state index is 12.1. The minimum Gasteiger partial charge on any atom is -0.370 e. The normalized spacial score (nSPS) is 11.4. The van der Waals surface area contributed by atoms with Crippen LogP contribution in [0.2, 0.25) is 0 Å². The number of pyridine rings is 1. The average Bonchev–Trinajstić information content (AvgIpc) is 2.90. The van der Waals surface area contributed by atoms with Gasteiger partial charge in [0.05, 0.1) is 17.8 Å². The van der Waals surface area contributed by atoms with Gasteiger partial charge in [0.25, 0.3) is 0 Å². The van der Waals surface area contributed by atoms with Crippen molar-refractivity contribution in [3.63, 3.8) is 0 Å². The highest BCUT2D eigenvalue weighted by Crippen LogP contribution is 2.12. The van der Waals surface area contributed by atoms with E-state index in [1.165, 1.54) is 24.7 Å². The maximum Gasteiger partial charge on any atom is 0.241 e. The van der Waals surface area contributed by atoms with Crippen molar-refractivity contribution < 1.29 is 8.42 Å². The fraction of sp³-hybridized carbons (Fsp3) is 0.273. The number of anilines is 1. The lowest BCUT2D eigenvalue weighted by molar-refractivity contribution is 0.580. The summed E-state index contributed by atoms with van der Waals surface area (Å²) in [5, 5.41) is 2.97. The van der Waals surface area contributed by atoms with E-state index in [4.69, 9.17) is 0 Å². The van der Waals surface area contributed by atoms with Gasteiger partial charge >= 0.3 is 0 Å². The lowest BCUT2D eigenvalue weighted by Crippen LogP contribution is -2.23. The third kappa shape index (κ3) is 3.52. The highest BCUT2D eigenvalue weighted by molar-refractivity contribution is 7.89. The number of hydrogen-bond donors (Lipinski definition) is 3. The van der Waals surface area contributed by atoms with E-state index in [1.807, 2.05) is 6.92 Å². The molecule has 0 aromatic carbocycles. The highest BCUT2D eigenvalue weighted by Gasteiger charge is 2.14. The molecule has 0 fully saturated rings. The van der Waals surface area contributed by atoms with Gasteiger partial charge in [-0.05, 0) is 13.0 Å². The summed E-state index contributed by atoms with van der Waals surface area (Å²) < 4.78 is 26.7. The predicted molar refractivity (Wildman–Crippen MR) is 71.0 cm³/mol. The van der Waals surface area contributed by atoms with Crippen LogP contribution in [-0.4, -0.2) is 29.9 Å². The maximum atomic E-state index is 12.1. The van der Waals surface area contributed by atoms with Gasteiger partial charge < -0.3 is 10.3 Å². The average molecular weight is 281 g/mol. The smallest absolute Gasteiger partial charge is 0.241 e. The number of aromatic nitrogens is 3. The molecule has 0 saturated heterocycles. The Morgan fingerprint density at radius 1 is 1.42 bits per heavy atom. The number of hydrogen-bond acceptors (Lipinski definition) is 5. The first-order valence-corrected chi connectivity index (χ1v) is 7.27. The van der Waals surface area contributed by atoms with E-state index in [1.54, 1.807) is 6.20 Å². The molecule has 0 radical (unpaired) electrons. The molecule has 0 aliphatic rings. The lowest BCUT2D eigenvalue weighted by Gasteiger charge is -2.07. The summed E-state index contributed by atoms with van der Waals surface area (Å²) in [5.41, 5.74) is 0.699. The van der Waals surface area contributed by atoms with Gasteiger partial charge in [-0.15, -0.1) is 0 Å². The molecule has 0 spiro atoms. The Kier molecular flexibility index (Phi) is 4.13. The van der Waals surface area contributed by atoms with Gasteiger partial charge in [0.1, 0.15) is 5.82 Å². The zero-order valence-electron chi connectivity index (χ0n) is 10.4. The molecule has 0 saturated carbocycles. The molecule has 2 heterocycles. The van der Waals surface area contributed by atoms with Crippen LogP contribution in [0.1, 0.15) is 12.6 Å². The van der Waals surface area contributed by atoms with Gasteiger partial charge in [0, 0.05) is 30.7 Å². The van der Waals surface area contributed by atoms with Crippen molar-refractivity contribution in [1.29, 1.82) is 0 Å². The van der Waals surface area contributed by atoms with Crippen molar-refractivity contribution in [3.05, 3.63) is 36.5 Å². The van der Waals surface area contributed by atoms with Crippen LogP contribution in [0.25, 0.3) is 0 Å². The van der Waals surface area contributed by atoms with E-state index in [2.05, 4.69) is 25.0 Å². The number of sulfonamides is 1. The highest BCUT2D eigenvalue weighted by atomic mass is 32.2. The summed E-state index contributed by atoms with van der Waals surface area (Å²) in [6.45, 7) is 2.76. The first kappa shape index (κ1) is 13.5. The molecule has 3 N–H and O–H groups in total. The first-order valence-electron chi connectivity index (χ1n) is 5.78. The molecular weight excluding hydrogens is 266 g/mol. The molecule has 7 nitrogen and oxygen atoms in total. The van der Waals surface area contributed by atoms with Crippen LogP contribution in [0, 0.1) is 0 Å². The molecule has 0 aliphatic carbocycles. The standard InChI is InChI=1S/C11H15N5O2S/c1-2-13-11-5-10(3-4-14-11)19(17,18)16-7-9-6-12-8-15-9/h3-6,8,16H,2,7H2,1H3,(H,12,15)(H,13,14). The molecule has 8 heteroatoms. The van der Waals surface area contributed by atoms with Crippen molar-refractivity contribution in [2.75, 3.05) is 11.9 Å². The van der Waals surface area contributed by atoms with Crippen molar-refractivity contribution >= 4 is 15.8 Å². The van der Waals surface area contributed by atoms with Crippen LogP contribution in [0.4, 0.5) is 5.82 Å². The van der Waals surface area contributed by atoms with Crippen LogP contribution in [0.15, 0.2) is 35.7 Å². The van der Waals surface area contributed by atoms with Crippen LogP contribution in [0.3, 0.4) is 0 Å². The number of rotatable bonds is 6. The van der Waals surface area contributed by atoms with Gasteiger partial charge in [-0.25, -0.2) is 23.1 Å². The quantitative estimate of drug-likeness (QED) is 0.724. The largest absolute Gasteiger partial charge is 0.370 e. The molecule has 0 atom stereocenters. The Labute approximate surface area is 111 Å². The molecule has 2 rings (SSSR count). The van der Waals surface area contributed by atoms with Crippen molar-refractivity contribution in [1.82, 2.24) is 19.7 Å². The number of nitrogens with one attached hydrogen (secondary N) is 3. The first-order chi connectivity index (χ1) is 9.12. The zero-order chi connectivity index (χ0) is 13.7. The van der Waals surface area contributed by atoms with Crippen LogP contribution >= 0.6 is 0 Å². The summed E-state index contributed by atoms with van der Waals surface area (Å²) in [5.74, 6) is 0.534. The predicted octanol–water partition coefficient (Wildman–Crippen LogP) is 0.715. The lowest BCUT2D eigenvalue weighted by atomic mass is 10.4. The molecule has 102 valence electrons. The number of H-pyrrole nitrogens is 1. The minimum atomic E-state index is -3.55. The fourth-order valence-corrected chi connectivity index (χ4v) is 2.51. The second-order valence-corrected chi connectivity index (χ2v) is 5.58. The molecule has 0 aliphatic heterocycles. The summed E-state index contributed by atoms with van der Waals surface area (Å²) >= 11 is 0. The summed E-state index contributed by atoms with van der Waals surface area (Å²) in [6.07, 6.45) is 4.53. The molecule has 19 heavy (non-hydrogen) atoms. The van der Waals surface area contributed by atoms with E-state index in [0.717, 1.165) is 0 Å². The third-order valence-corrected chi connectivity index (χ3v) is 3.81. The third-order valence-electron chi connectivity index (χ3n) is 2.41. The Bertz CT molecular complexity index is 624. The number of nitrogens with zero attached hydrogens (tertiary/aromatic N) is 2. The summed E-state index contributed by atoms with van der Waals surface area (Å²) in [4.78, 5) is 10.9. The summed E-state index contributed by atoms with van der Waals surface area (Å²) in [6, 6.07) is 2.95. The summed E-state index contributed by atoms with van der Waals surface area (Å²) in [7, 11) is -3.55. The van der Waals surface area contributed by atoms with E-state index < -0.39 is 10.0 Å². The molecular formula is C11H15N5O2S. The van der Waals surface area contributed by atoms with E-state index in [-0.39, 0.29) is 11.4 Å².